The minimum absolute atomic E-state index is 0.000457. The van der Waals surface area contributed by atoms with Gasteiger partial charge >= 0.3 is 0 Å². The van der Waals surface area contributed by atoms with E-state index in [-0.39, 0.29) is 31.0 Å². The van der Waals surface area contributed by atoms with Crippen LogP contribution < -0.4 is 11.1 Å². The second-order valence-corrected chi connectivity index (χ2v) is 10.6. The van der Waals surface area contributed by atoms with Gasteiger partial charge < -0.3 is 11.1 Å². The number of hydrogen-bond acceptors (Lipinski definition) is 6. The standard InChI is InChI=1S/C23H16BrFN2O3S2/c24-15-10-12-16(13-11-15)32(29,30)22-19(26)21(20(28)14-6-2-1-3-7-14)31-23(22)27-18-9-5-4-8-17(18)25/h1-13,27H,26H2. The van der Waals surface area contributed by atoms with Gasteiger partial charge in [-0.05, 0) is 36.4 Å². The van der Waals surface area contributed by atoms with Crippen LogP contribution in [0.4, 0.5) is 20.8 Å². The topological polar surface area (TPSA) is 89.3 Å². The Bertz CT molecular complexity index is 1400. The highest BCUT2D eigenvalue weighted by Gasteiger charge is 2.32. The van der Waals surface area contributed by atoms with Crippen LogP contribution in [0.1, 0.15) is 15.2 Å². The van der Waals surface area contributed by atoms with Crippen LogP contribution in [0.25, 0.3) is 0 Å². The Morgan fingerprint density at radius 2 is 1.56 bits per heavy atom. The van der Waals surface area contributed by atoms with Gasteiger partial charge in [-0.25, -0.2) is 12.8 Å². The van der Waals surface area contributed by atoms with E-state index in [9.17, 15) is 17.6 Å². The third kappa shape index (κ3) is 4.19. The molecule has 3 N–H and O–H groups in total. The van der Waals surface area contributed by atoms with Gasteiger partial charge in [0.2, 0.25) is 15.6 Å². The van der Waals surface area contributed by atoms with Crippen LogP contribution in [-0.4, -0.2) is 14.2 Å². The number of nitrogen functional groups attached to an aromatic ring is 1. The van der Waals surface area contributed by atoms with Crippen molar-refractivity contribution < 1.29 is 17.6 Å². The van der Waals surface area contributed by atoms with Gasteiger partial charge in [0.25, 0.3) is 0 Å². The van der Waals surface area contributed by atoms with Crippen molar-refractivity contribution in [1.29, 1.82) is 0 Å². The fourth-order valence-corrected chi connectivity index (χ4v) is 6.27. The van der Waals surface area contributed by atoms with Gasteiger partial charge in [0.1, 0.15) is 20.6 Å². The molecule has 5 nitrogen and oxygen atoms in total. The minimum atomic E-state index is -4.12. The SMILES string of the molecule is Nc1c(C(=O)c2ccccc2)sc(Nc2ccccc2F)c1S(=O)(=O)c1ccc(Br)cc1. The molecule has 9 heteroatoms. The number of anilines is 3. The van der Waals surface area contributed by atoms with Crippen molar-refractivity contribution >= 4 is 59.3 Å². The summed E-state index contributed by atoms with van der Waals surface area (Å²) < 4.78 is 42.0. The van der Waals surface area contributed by atoms with E-state index in [0.717, 1.165) is 11.3 Å². The molecule has 32 heavy (non-hydrogen) atoms. The molecule has 0 bridgehead atoms. The third-order valence-corrected chi connectivity index (χ3v) is 8.29. The van der Waals surface area contributed by atoms with E-state index in [1.807, 2.05) is 0 Å². The van der Waals surface area contributed by atoms with Gasteiger partial charge in [-0.3, -0.25) is 4.79 Å². The van der Waals surface area contributed by atoms with Crippen LogP contribution in [0.2, 0.25) is 0 Å². The van der Waals surface area contributed by atoms with E-state index in [0.29, 0.717) is 10.0 Å². The van der Waals surface area contributed by atoms with Gasteiger partial charge in [-0.1, -0.05) is 58.4 Å². The predicted octanol–water partition coefficient (Wildman–Crippen LogP) is 6.04. The fourth-order valence-electron chi connectivity index (χ4n) is 3.08. The van der Waals surface area contributed by atoms with Crippen molar-refractivity contribution in [2.75, 3.05) is 11.1 Å². The number of nitrogens with two attached hydrogens (primary N) is 1. The molecule has 4 rings (SSSR count). The van der Waals surface area contributed by atoms with E-state index in [4.69, 9.17) is 5.73 Å². The lowest BCUT2D eigenvalue weighted by atomic mass is 10.1. The molecule has 0 saturated carbocycles. The van der Waals surface area contributed by atoms with Gasteiger partial charge in [-0.2, -0.15) is 0 Å². The predicted molar refractivity (Wildman–Crippen MR) is 128 cm³/mol. The average Bonchev–Trinajstić information content (AvgIpc) is 3.12. The van der Waals surface area contributed by atoms with Crippen molar-refractivity contribution in [3.05, 3.63) is 99.6 Å². The Labute approximate surface area is 196 Å². The number of benzene rings is 3. The third-order valence-electron chi connectivity index (χ3n) is 4.66. The number of rotatable bonds is 6. The van der Waals surface area contributed by atoms with Crippen molar-refractivity contribution in [1.82, 2.24) is 0 Å². The lowest BCUT2D eigenvalue weighted by Gasteiger charge is -2.10. The number of carbonyl (C=O) groups excluding carboxylic acids is 1. The average molecular weight is 531 g/mol. The number of ketones is 1. The maximum atomic E-state index is 14.3. The summed E-state index contributed by atoms with van der Waals surface area (Å²) in [7, 11) is -4.12. The maximum Gasteiger partial charge on any atom is 0.211 e. The summed E-state index contributed by atoms with van der Waals surface area (Å²) in [5.74, 6) is -0.982. The van der Waals surface area contributed by atoms with Crippen LogP contribution in [-0.2, 0) is 9.84 Å². The maximum absolute atomic E-state index is 14.3. The highest BCUT2D eigenvalue weighted by molar-refractivity contribution is 9.10. The number of hydrogen-bond donors (Lipinski definition) is 2. The van der Waals surface area contributed by atoms with Crippen LogP contribution in [0.15, 0.2) is 93.1 Å². The van der Waals surface area contributed by atoms with E-state index in [1.54, 1.807) is 48.5 Å². The summed E-state index contributed by atoms with van der Waals surface area (Å²) in [4.78, 5) is 12.9. The molecule has 0 spiro atoms. The first-order chi connectivity index (χ1) is 15.3. The molecule has 1 aromatic heterocycles. The first-order valence-corrected chi connectivity index (χ1v) is 12.4. The molecule has 162 valence electrons. The highest BCUT2D eigenvalue weighted by atomic mass is 79.9. The lowest BCUT2D eigenvalue weighted by Crippen LogP contribution is -2.08. The smallest absolute Gasteiger partial charge is 0.211 e. The zero-order valence-electron chi connectivity index (χ0n) is 16.4. The monoisotopic (exact) mass is 530 g/mol. The van der Waals surface area contributed by atoms with E-state index in [2.05, 4.69) is 21.2 Å². The Kier molecular flexibility index (Phi) is 6.14. The Morgan fingerprint density at radius 3 is 2.22 bits per heavy atom. The van der Waals surface area contributed by atoms with Crippen molar-refractivity contribution in [3.63, 3.8) is 0 Å². The van der Waals surface area contributed by atoms with Gasteiger partial charge in [-0.15, -0.1) is 11.3 Å². The van der Waals surface area contributed by atoms with Gasteiger partial charge in [0.05, 0.1) is 16.3 Å². The molecular formula is C23H16BrFN2O3S2. The van der Waals surface area contributed by atoms with Gasteiger partial charge in [0, 0.05) is 10.0 Å². The molecule has 0 radical (unpaired) electrons. The number of halogens is 2. The molecule has 0 unspecified atom stereocenters. The zero-order valence-corrected chi connectivity index (χ0v) is 19.6. The van der Waals surface area contributed by atoms with E-state index >= 15 is 0 Å². The summed E-state index contributed by atoms with van der Waals surface area (Å²) in [5.41, 5.74) is 6.51. The van der Waals surface area contributed by atoms with Crippen molar-refractivity contribution in [3.8, 4) is 0 Å². The Balaban J connectivity index is 1.90. The van der Waals surface area contributed by atoms with Crippen LogP contribution >= 0.6 is 27.3 Å². The molecule has 0 atom stereocenters. The summed E-state index contributed by atoms with van der Waals surface area (Å²) >= 11 is 4.16. The number of para-hydroxylation sites is 1. The summed E-state index contributed by atoms with van der Waals surface area (Å²) in [6.07, 6.45) is 0. The molecule has 0 amide bonds. The molecular weight excluding hydrogens is 515 g/mol. The second kappa shape index (κ2) is 8.85. The van der Waals surface area contributed by atoms with Crippen LogP contribution in [0.5, 0.6) is 0 Å². The Hall–Kier alpha value is -3.01. The molecule has 1 heterocycles. The first kappa shape index (κ1) is 22.2. The largest absolute Gasteiger partial charge is 0.396 e. The van der Waals surface area contributed by atoms with Crippen LogP contribution in [0, 0.1) is 5.82 Å². The number of carbonyl (C=O) groups is 1. The highest BCUT2D eigenvalue weighted by Crippen LogP contribution is 2.44. The van der Waals surface area contributed by atoms with E-state index in [1.165, 1.54) is 30.3 Å². The number of nitrogens with one attached hydrogen (secondary N) is 1. The molecule has 4 aromatic rings. The lowest BCUT2D eigenvalue weighted by molar-refractivity contribution is 0.104. The molecule has 3 aromatic carbocycles. The number of thiophene rings is 1. The molecule has 0 aliphatic carbocycles. The fraction of sp³-hybridized carbons (Fsp3) is 0. The Morgan fingerprint density at radius 1 is 0.938 bits per heavy atom. The molecule has 0 aliphatic heterocycles. The summed E-state index contributed by atoms with van der Waals surface area (Å²) in [6.45, 7) is 0. The van der Waals surface area contributed by atoms with Crippen LogP contribution in [0.3, 0.4) is 0 Å². The zero-order chi connectivity index (χ0) is 22.9. The molecule has 0 aliphatic rings. The van der Waals surface area contributed by atoms with Crippen molar-refractivity contribution in [2.45, 2.75) is 9.79 Å². The summed E-state index contributed by atoms with van der Waals surface area (Å²) in [5, 5.41) is 2.88. The normalized spacial score (nSPS) is 11.3. The quantitative estimate of drug-likeness (QED) is 0.296. The first-order valence-electron chi connectivity index (χ1n) is 9.33. The second-order valence-electron chi connectivity index (χ2n) is 6.76. The molecule has 0 saturated heterocycles. The number of sulfone groups is 1. The minimum Gasteiger partial charge on any atom is -0.396 e. The summed E-state index contributed by atoms with van der Waals surface area (Å²) in [6, 6.07) is 20.3. The van der Waals surface area contributed by atoms with Crippen molar-refractivity contribution in [2.24, 2.45) is 0 Å². The molecule has 0 fully saturated rings. The van der Waals surface area contributed by atoms with Gasteiger partial charge in [0.15, 0.2) is 0 Å². The van der Waals surface area contributed by atoms with E-state index < -0.39 is 21.4 Å².